The molecule has 0 radical (unpaired) electrons. The first kappa shape index (κ1) is 17.0. The number of β-amino-alcohol motifs (C(OH)–C–C–N with tert-alkyl or cyclic N) is 1. The quantitative estimate of drug-likeness (QED) is 0.275. The third-order valence-electron chi connectivity index (χ3n) is 3.92. The Morgan fingerprint density at radius 2 is 1.71 bits per heavy atom. The fourth-order valence-electron chi connectivity index (χ4n) is 2.62. The Bertz CT molecular complexity index is 332. The van der Waals surface area contributed by atoms with Gasteiger partial charge in [0.15, 0.2) is 6.29 Å². The van der Waals surface area contributed by atoms with Crippen LogP contribution in [0.5, 0.6) is 0 Å². The van der Waals surface area contributed by atoms with E-state index in [1.165, 1.54) is 0 Å². The number of ether oxygens (including phenoxy) is 2. The molecule has 2 aliphatic heterocycles. The predicted molar refractivity (Wildman–Crippen MR) is 68.1 cm³/mol. The van der Waals surface area contributed by atoms with Crippen LogP contribution in [0.3, 0.4) is 0 Å². The lowest BCUT2D eigenvalue weighted by Crippen LogP contribution is -2.63. The molecule has 2 saturated heterocycles. The van der Waals surface area contributed by atoms with Crippen molar-refractivity contribution < 1.29 is 40.1 Å². The largest absolute Gasteiger partial charge is 0.395 e. The van der Waals surface area contributed by atoms with Gasteiger partial charge < -0.3 is 45.4 Å². The zero-order chi connectivity index (χ0) is 15.6. The third kappa shape index (κ3) is 3.70. The van der Waals surface area contributed by atoms with Crippen LogP contribution in [0.1, 0.15) is 6.42 Å². The highest BCUT2D eigenvalue weighted by Crippen LogP contribution is 2.25. The van der Waals surface area contributed by atoms with Crippen LogP contribution in [0.4, 0.5) is 0 Å². The van der Waals surface area contributed by atoms with E-state index >= 15 is 0 Å². The minimum Gasteiger partial charge on any atom is -0.395 e. The number of aliphatic hydroxyl groups is 6. The minimum atomic E-state index is -1.19. The van der Waals surface area contributed by atoms with E-state index in [0.717, 1.165) is 0 Å². The van der Waals surface area contributed by atoms with Gasteiger partial charge in [-0.2, -0.15) is 0 Å². The van der Waals surface area contributed by atoms with Crippen LogP contribution in [-0.4, -0.2) is 99.4 Å². The first-order valence-corrected chi connectivity index (χ1v) is 6.96. The van der Waals surface area contributed by atoms with E-state index in [9.17, 15) is 20.4 Å². The van der Waals surface area contributed by atoms with Crippen molar-refractivity contribution in [2.45, 2.75) is 55.4 Å². The van der Waals surface area contributed by atoms with Gasteiger partial charge in [-0.05, 0) is 0 Å². The Balaban J connectivity index is 2.01. The fraction of sp³-hybridized carbons (Fsp3) is 1.00. The SMILES string of the molecule is OC[C@H]1NC[C@@H](O)[C@@H](O[C@H]2O[C@H](CO)[C@@H](O)C[C@H]2O)[C@@H]1O. The maximum atomic E-state index is 10.0. The van der Waals surface area contributed by atoms with Crippen LogP contribution in [-0.2, 0) is 9.47 Å². The first-order chi connectivity index (χ1) is 9.97. The third-order valence-corrected chi connectivity index (χ3v) is 3.92. The van der Waals surface area contributed by atoms with Gasteiger partial charge in [0.1, 0.15) is 24.4 Å². The van der Waals surface area contributed by atoms with Gasteiger partial charge in [-0.1, -0.05) is 0 Å². The summed E-state index contributed by atoms with van der Waals surface area (Å²) in [6, 6.07) is -0.654. The number of hydrogen-bond acceptors (Lipinski definition) is 9. The second-order valence-corrected chi connectivity index (χ2v) is 5.45. The average Bonchev–Trinajstić information content (AvgIpc) is 2.45. The Hall–Kier alpha value is -0.360. The molecule has 21 heavy (non-hydrogen) atoms. The Morgan fingerprint density at radius 1 is 1.00 bits per heavy atom. The summed E-state index contributed by atoms with van der Waals surface area (Å²) in [5, 5.41) is 60.4. The molecule has 0 bridgehead atoms. The van der Waals surface area contributed by atoms with Crippen LogP contribution >= 0.6 is 0 Å². The van der Waals surface area contributed by atoms with E-state index < -0.39 is 55.6 Å². The number of hydrogen-bond donors (Lipinski definition) is 7. The van der Waals surface area contributed by atoms with Crippen molar-refractivity contribution in [1.29, 1.82) is 0 Å². The lowest BCUT2D eigenvalue weighted by Gasteiger charge is -2.43. The molecule has 9 nitrogen and oxygen atoms in total. The number of rotatable bonds is 4. The van der Waals surface area contributed by atoms with Crippen molar-refractivity contribution in [2.24, 2.45) is 0 Å². The van der Waals surface area contributed by atoms with Crippen LogP contribution in [0, 0.1) is 0 Å². The van der Waals surface area contributed by atoms with Gasteiger partial charge in [-0.3, -0.25) is 0 Å². The van der Waals surface area contributed by atoms with E-state index in [2.05, 4.69) is 5.32 Å². The average molecular weight is 309 g/mol. The van der Waals surface area contributed by atoms with Gasteiger partial charge in [-0.25, -0.2) is 0 Å². The molecule has 0 aromatic carbocycles. The fourth-order valence-corrected chi connectivity index (χ4v) is 2.62. The Kier molecular flexibility index (Phi) is 5.88. The lowest BCUT2D eigenvalue weighted by atomic mass is 9.96. The molecule has 2 aliphatic rings. The normalized spacial score (nSPS) is 48.3. The molecule has 2 heterocycles. The maximum Gasteiger partial charge on any atom is 0.184 e. The van der Waals surface area contributed by atoms with Crippen molar-refractivity contribution in [3.05, 3.63) is 0 Å². The monoisotopic (exact) mass is 309 g/mol. The minimum absolute atomic E-state index is 0.0452. The second kappa shape index (κ2) is 7.27. The molecule has 0 aromatic rings. The van der Waals surface area contributed by atoms with Crippen molar-refractivity contribution in [3.63, 3.8) is 0 Å². The van der Waals surface area contributed by atoms with Gasteiger partial charge >= 0.3 is 0 Å². The van der Waals surface area contributed by atoms with Crippen LogP contribution in [0.25, 0.3) is 0 Å². The summed E-state index contributed by atoms with van der Waals surface area (Å²) in [6.45, 7) is -0.661. The highest BCUT2D eigenvalue weighted by atomic mass is 16.7. The number of nitrogens with one attached hydrogen (secondary N) is 1. The van der Waals surface area contributed by atoms with Crippen LogP contribution < -0.4 is 5.32 Å². The van der Waals surface area contributed by atoms with E-state index in [1.807, 2.05) is 0 Å². The maximum absolute atomic E-state index is 10.0. The molecule has 2 rings (SSSR count). The highest BCUT2D eigenvalue weighted by Gasteiger charge is 2.43. The summed E-state index contributed by atoms with van der Waals surface area (Å²) in [4.78, 5) is 0. The standard InChI is InChI=1S/C12H23NO8/c14-3-5-10(19)11(8(18)2-13-5)21-12-7(17)1-6(16)9(4-15)20-12/h5-19H,1-4H2/t5-,6+,7-,8-,9-,10-,11-,12-/m1/s1. The lowest BCUT2D eigenvalue weighted by molar-refractivity contribution is -0.304. The van der Waals surface area contributed by atoms with Gasteiger partial charge in [0, 0.05) is 13.0 Å². The molecule has 124 valence electrons. The van der Waals surface area contributed by atoms with Crippen molar-refractivity contribution in [2.75, 3.05) is 19.8 Å². The predicted octanol–water partition coefficient (Wildman–Crippen LogP) is -4.11. The highest BCUT2D eigenvalue weighted by molar-refractivity contribution is 4.94. The van der Waals surface area contributed by atoms with Crippen LogP contribution in [0.2, 0.25) is 0 Å². The van der Waals surface area contributed by atoms with Gasteiger partial charge in [0.05, 0.1) is 31.5 Å². The topological polar surface area (TPSA) is 152 Å². The zero-order valence-corrected chi connectivity index (χ0v) is 11.4. The van der Waals surface area contributed by atoms with Crippen molar-refractivity contribution in [1.82, 2.24) is 5.32 Å². The van der Waals surface area contributed by atoms with Gasteiger partial charge in [0.2, 0.25) is 0 Å². The summed E-state index contributed by atoms with van der Waals surface area (Å²) in [5.74, 6) is 0. The molecule has 0 unspecified atom stereocenters. The molecule has 0 aliphatic carbocycles. The molecule has 7 N–H and O–H groups in total. The van der Waals surface area contributed by atoms with E-state index in [1.54, 1.807) is 0 Å². The van der Waals surface area contributed by atoms with E-state index in [-0.39, 0.29) is 19.6 Å². The molecule has 0 spiro atoms. The van der Waals surface area contributed by atoms with E-state index in [0.29, 0.717) is 0 Å². The smallest absolute Gasteiger partial charge is 0.184 e. The first-order valence-electron chi connectivity index (χ1n) is 6.96. The Labute approximate surface area is 121 Å². The zero-order valence-electron chi connectivity index (χ0n) is 11.4. The molecule has 0 aromatic heterocycles. The van der Waals surface area contributed by atoms with Gasteiger partial charge in [0.25, 0.3) is 0 Å². The summed E-state index contributed by atoms with van der Waals surface area (Å²) in [7, 11) is 0. The summed E-state index contributed by atoms with van der Waals surface area (Å²) >= 11 is 0. The van der Waals surface area contributed by atoms with E-state index in [4.69, 9.17) is 19.7 Å². The Morgan fingerprint density at radius 3 is 2.33 bits per heavy atom. The number of aliphatic hydroxyl groups excluding tert-OH is 6. The van der Waals surface area contributed by atoms with Crippen LogP contribution in [0.15, 0.2) is 0 Å². The summed E-state index contributed by atoms with van der Waals surface area (Å²) in [5.41, 5.74) is 0. The van der Waals surface area contributed by atoms with Crippen molar-refractivity contribution >= 4 is 0 Å². The summed E-state index contributed by atoms with van der Waals surface area (Å²) in [6.07, 6.45) is -7.58. The molecule has 8 atom stereocenters. The molecular formula is C12H23NO8. The summed E-state index contributed by atoms with van der Waals surface area (Å²) < 4.78 is 10.7. The number of piperidine rings is 1. The van der Waals surface area contributed by atoms with Gasteiger partial charge in [-0.15, -0.1) is 0 Å². The molecule has 9 heteroatoms. The molecular weight excluding hydrogens is 286 g/mol. The molecule has 0 saturated carbocycles. The van der Waals surface area contributed by atoms with Crippen molar-refractivity contribution in [3.8, 4) is 0 Å². The molecule has 2 fully saturated rings. The molecule has 0 amide bonds. The second-order valence-electron chi connectivity index (χ2n) is 5.45.